The molecule has 2 aliphatic rings. The average Bonchev–Trinajstić information content (AvgIpc) is 2.19. The van der Waals surface area contributed by atoms with E-state index in [2.05, 4.69) is 35.0 Å². The lowest BCUT2D eigenvalue weighted by Crippen LogP contribution is -2.47. The minimum absolute atomic E-state index is 0.722. The lowest BCUT2D eigenvalue weighted by Gasteiger charge is -2.32. The van der Waals surface area contributed by atoms with Gasteiger partial charge in [-0.25, -0.2) is 0 Å². The molecular weight excluding hydrogens is 192 g/mol. The van der Waals surface area contributed by atoms with E-state index in [1.54, 1.807) is 5.57 Å². The predicted molar refractivity (Wildman–Crippen MR) is 63.9 cm³/mol. The maximum atomic E-state index is 3.60. The summed E-state index contributed by atoms with van der Waals surface area (Å²) >= 11 is 2.09. The molecule has 2 nitrogen and oxygen atoms in total. The van der Waals surface area contributed by atoms with Crippen molar-refractivity contribution in [2.75, 3.05) is 37.7 Å². The highest BCUT2D eigenvalue weighted by Gasteiger charge is 2.17. The van der Waals surface area contributed by atoms with Gasteiger partial charge in [0.2, 0.25) is 0 Å². The molecule has 0 radical (unpaired) electrons. The third-order valence-corrected chi connectivity index (χ3v) is 4.02. The summed E-state index contributed by atoms with van der Waals surface area (Å²) in [6, 6.07) is 0.722. The fourth-order valence-electron chi connectivity index (χ4n) is 2.19. The van der Waals surface area contributed by atoms with Crippen LogP contribution >= 0.6 is 11.8 Å². The smallest absolute Gasteiger partial charge is 0.0286 e. The molecule has 0 spiro atoms. The second-order valence-electron chi connectivity index (χ2n) is 4.30. The number of nitrogens with zero attached hydrogens (tertiary/aromatic N) is 1. The molecule has 2 rings (SSSR count). The van der Waals surface area contributed by atoms with Gasteiger partial charge in [0, 0.05) is 43.7 Å². The maximum Gasteiger partial charge on any atom is 0.0286 e. The molecular formula is C11H20N2S. The van der Waals surface area contributed by atoms with Gasteiger partial charge in [-0.2, -0.15) is 11.8 Å². The number of thioether (sulfide) groups is 1. The molecule has 3 heteroatoms. The summed E-state index contributed by atoms with van der Waals surface area (Å²) in [7, 11) is 0. The van der Waals surface area contributed by atoms with E-state index in [1.165, 1.54) is 44.1 Å². The topological polar surface area (TPSA) is 15.3 Å². The van der Waals surface area contributed by atoms with Crippen molar-refractivity contribution >= 4 is 11.8 Å². The van der Waals surface area contributed by atoms with Crippen LogP contribution in [-0.2, 0) is 0 Å². The van der Waals surface area contributed by atoms with Crippen molar-refractivity contribution in [2.24, 2.45) is 0 Å². The molecule has 2 heterocycles. The zero-order valence-electron chi connectivity index (χ0n) is 8.96. The highest BCUT2D eigenvalue weighted by molar-refractivity contribution is 7.99. The first-order valence-corrected chi connectivity index (χ1v) is 6.69. The van der Waals surface area contributed by atoms with E-state index >= 15 is 0 Å². The third kappa shape index (κ3) is 3.01. The van der Waals surface area contributed by atoms with Gasteiger partial charge in [0.1, 0.15) is 0 Å². The maximum absolute atomic E-state index is 3.60. The highest BCUT2D eigenvalue weighted by Crippen LogP contribution is 2.12. The molecule has 2 aliphatic heterocycles. The van der Waals surface area contributed by atoms with Crippen molar-refractivity contribution in [3.8, 4) is 0 Å². The molecule has 1 saturated heterocycles. The summed E-state index contributed by atoms with van der Waals surface area (Å²) in [6.45, 7) is 7.11. The summed E-state index contributed by atoms with van der Waals surface area (Å²) in [5.41, 5.74) is 1.54. The Labute approximate surface area is 91.1 Å². The van der Waals surface area contributed by atoms with Crippen LogP contribution in [0, 0.1) is 0 Å². The van der Waals surface area contributed by atoms with Crippen LogP contribution in [0.25, 0.3) is 0 Å². The zero-order chi connectivity index (χ0) is 9.80. The monoisotopic (exact) mass is 212 g/mol. The summed E-state index contributed by atoms with van der Waals surface area (Å²) in [5, 5.41) is 3.60. The lowest BCUT2D eigenvalue weighted by molar-refractivity contribution is 0.262. The van der Waals surface area contributed by atoms with E-state index in [4.69, 9.17) is 0 Å². The Morgan fingerprint density at radius 1 is 1.64 bits per heavy atom. The molecule has 1 atom stereocenters. The van der Waals surface area contributed by atoms with E-state index in [0.717, 1.165) is 6.04 Å². The summed E-state index contributed by atoms with van der Waals surface area (Å²) in [4.78, 5) is 2.58. The van der Waals surface area contributed by atoms with Gasteiger partial charge in [0.25, 0.3) is 0 Å². The summed E-state index contributed by atoms with van der Waals surface area (Å²) < 4.78 is 0. The molecule has 0 saturated carbocycles. The predicted octanol–water partition coefficient (Wildman–Crippen LogP) is 1.34. The molecule has 80 valence electrons. The summed E-state index contributed by atoms with van der Waals surface area (Å²) in [6.07, 6.45) is 3.62. The van der Waals surface area contributed by atoms with E-state index in [0.29, 0.717) is 0 Å². The van der Waals surface area contributed by atoms with Crippen LogP contribution in [0.5, 0.6) is 0 Å². The Hall–Kier alpha value is 0.01000. The van der Waals surface area contributed by atoms with Gasteiger partial charge in [0.05, 0.1) is 0 Å². The minimum atomic E-state index is 0.722. The molecule has 0 aromatic heterocycles. The molecule has 0 amide bonds. The fraction of sp³-hybridized carbons (Fsp3) is 0.818. The van der Waals surface area contributed by atoms with Crippen LogP contribution in [0.15, 0.2) is 11.6 Å². The van der Waals surface area contributed by atoms with E-state index in [-0.39, 0.29) is 0 Å². The Morgan fingerprint density at radius 2 is 2.57 bits per heavy atom. The van der Waals surface area contributed by atoms with Gasteiger partial charge in [-0.3, -0.25) is 4.90 Å². The zero-order valence-corrected chi connectivity index (χ0v) is 9.78. The van der Waals surface area contributed by atoms with Crippen LogP contribution < -0.4 is 5.32 Å². The molecule has 1 fully saturated rings. The molecule has 1 unspecified atom stereocenters. The molecule has 0 aliphatic carbocycles. The van der Waals surface area contributed by atoms with Crippen LogP contribution in [0.2, 0.25) is 0 Å². The van der Waals surface area contributed by atoms with Crippen LogP contribution in [0.4, 0.5) is 0 Å². The Morgan fingerprint density at radius 3 is 3.29 bits per heavy atom. The standard InChI is InChI=1S/C11H20N2S/c1-10-3-2-5-13(7-10)8-11-9-14-6-4-12-11/h3,11-12H,2,4-9H2,1H3. The molecule has 0 bridgehead atoms. The fourth-order valence-corrected chi connectivity index (χ4v) is 3.13. The average molecular weight is 212 g/mol. The van der Waals surface area contributed by atoms with Crippen molar-refractivity contribution in [1.29, 1.82) is 0 Å². The van der Waals surface area contributed by atoms with Crippen LogP contribution in [-0.4, -0.2) is 48.6 Å². The molecule has 0 aromatic carbocycles. The van der Waals surface area contributed by atoms with E-state index in [1.807, 2.05) is 0 Å². The van der Waals surface area contributed by atoms with Gasteiger partial charge in [-0.05, 0) is 13.3 Å². The van der Waals surface area contributed by atoms with E-state index in [9.17, 15) is 0 Å². The number of hydrogen-bond donors (Lipinski definition) is 1. The van der Waals surface area contributed by atoms with Gasteiger partial charge < -0.3 is 5.32 Å². The SMILES string of the molecule is CC1=CCCN(CC2CSCCN2)C1. The first kappa shape index (κ1) is 10.5. The highest BCUT2D eigenvalue weighted by atomic mass is 32.2. The molecule has 1 N–H and O–H groups in total. The minimum Gasteiger partial charge on any atom is -0.311 e. The van der Waals surface area contributed by atoms with Crippen LogP contribution in [0.1, 0.15) is 13.3 Å². The van der Waals surface area contributed by atoms with Crippen molar-refractivity contribution in [3.63, 3.8) is 0 Å². The number of nitrogens with one attached hydrogen (secondary N) is 1. The lowest BCUT2D eigenvalue weighted by atomic mass is 10.1. The first-order valence-electron chi connectivity index (χ1n) is 5.54. The normalized spacial score (nSPS) is 30.1. The Kier molecular flexibility index (Phi) is 3.90. The third-order valence-electron chi connectivity index (χ3n) is 2.89. The Bertz CT molecular complexity index is 209. The van der Waals surface area contributed by atoms with Gasteiger partial charge in [0.15, 0.2) is 0 Å². The number of hydrogen-bond acceptors (Lipinski definition) is 3. The van der Waals surface area contributed by atoms with Crippen molar-refractivity contribution in [3.05, 3.63) is 11.6 Å². The Balaban J connectivity index is 1.76. The van der Waals surface area contributed by atoms with Crippen molar-refractivity contribution < 1.29 is 0 Å². The van der Waals surface area contributed by atoms with Crippen LogP contribution in [0.3, 0.4) is 0 Å². The quantitative estimate of drug-likeness (QED) is 0.696. The second-order valence-corrected chi connectivity index (χ2v) is 5.45. The number of rotatable bonds is 2. The van der Waals surface area contributed by atoms with Gasteiger partial charge >= 0.3 is 0 Å². The second kappa shape index (κ2) is 5.19. The van der Waals surface area contributed by atoms with Crippen molar-refractivity contribution in [2.45, 2.75) is 19.4 Å². The molecule has 0 aromatic rings. The van der Waals surface area contributed by atoms with Gasteiger partial charge in [-0.1, -0.05) is 11.6 Å². The van der Waals surface area contributed by atoms with E-state index < -0.39 is 0 Å². The largest absolute Gasteiger partial charge is 0.311 e. The first-order chi connectivity index (χ1) is 6.84. The summed E-state index contributed by atoms with van der Waals surface area (Å²) in [5.74, 6) is 2.58. The van der Waals surface area contributed by atoms with Crippen molar-refractivity contribution in [1.82, 2.24) is 10.2 Å². The molecule has 14 heavy (non-hydrogen) atoms. The van der Waals surface area contributed by atoms with Gasteiger partial charge in [-0.15, -0.1) is 0 Å².